The lowest BCUT2D eigenvalue weighted by atomic mass is 9.62. The van der Waals surface area contributed by atoms with Crippen LogP contribution >= 0.6 is 8.53 Å². The van der Waals surface area contributed by atoms with Crippen molar-refractivity contribution in [2.75, 3.05) is 0 Å². The second-order valence-corrected chi connectivity index (χ2v) is 11.0. The molecule has 190 valence electrons. The van der Waals surface area contributed by atoms with Gasteiger partial charge in [-0.2, -0.15) is 0 Å². The fourth-order valence-electron chi connectivity index (χ4n) is 6.08. The molecule has 0 amide bonds. The first kappa shape index (κ1) is 22.7. The molecule has 0 radical (unpaired) electrons. The lowest BCUT2D eigenvalue weighted by molar-refractivity contribution is 0.370. The molecule has 0 bridgehead atoms. The summed E-state index contributed by atoms with van der Waals surface area (Å²) in [5, 5.41) is 3.60. The highest BCUT2D eigenvalue weighted by Crippen LogP contribution is 2.67. The van der Waals surface area contributed by atoms with Crippen LogP contribution in [0, 0.1) is 0 Å². The van der Waals surface area contributed by atoms with Crippen LogP contribution < -0.4 is 23.6 Å². The summed E-state index contributed by atoms with van der Waals surface area (Å²) in [5.74, 6) is 4.57. The average molecular weight is 530 g/mol. The maximum Gasteiger partial charge on any atom is 0.382 e. The Morgan fingerprint density at radius 3 is 1.56 bits per heavy atom. The number of ether oxygens (including phenoxy) is 2. The molecule has 0 fully saturated rings. The van der Waals surface area contributed by atoms with Crippen LogP contribution in [0.1, 0.15) is 40.8 Å². The number of rotatable bonds is 3. The van der Waals surface area contributed by atoms with E-state index >= 15 is 0 Å². The van der Waals surface area contributed by atoms with Gasteiger partial charge in [0.25, 0.3) is 0 Å². The molecule has 0 aliphatic carbocycles. The van der Waals surface area contributed by atoms with Gasteiger partial charge in [-0.05, 0) is 48.9 Å². The second-order valence-electron chi connectivity index (χ2n) is 9.91. The fourth-order valence-corrected chi connectivity index (χ4v) is 7.35. The summed E-state index contributed by atoms with van der Waals surface area (Å²) in [6.07, 6.45) is 0. The minimum absolute atomic E-state index is 0.00882. The molecule has 3 aliphatic heterocycles. The Kier molecular flexibility index (Phi) is 5.00. The monoisotopic (exact) mass is 529 g/mol. The van der Waals surface area contributed by atoms with E-state index in [1.807, 2.05) is 78.9 Å². The topological polar surface area (TPSA) is 49.0 Å². The van der Waals surface area contributed by atoms with Gasteiger partial charge in [0, 0.05) is 17.2 Å². The lowest BCUT2D eigenvalue weighted by Gasteiger charge is -2.46. The minimum atomic E-state index is -1.58. The Labute approximate surface area is 227 Å². The molecule has 6 heteroatoms. The van der Waals surface area contributed by atoms with E-state index in [2.05, 4.69) is 48.4 Å². The van der Waals surface area contributed by atoms with Gasteiger partial charge in [-0.25, -0.2) is 5.09 Å². The Hall–Kier alpha value is -4.31. The number of benzene rings is 5. The highest BCUT2D eigenvalue weighted by atomic mass is 31.2. The van der Waals surface area contributed by atoms with Gasteiger partial charge in [-0.3, -0.25) is 0 Å². The second kappa shape index (κ2) is 8.60. The van der Waals surface area contributed by atoms with Crippen molar-refractivity contribution in [3.63, 3.8) is 0 Å². The average Bonchev–Trinajstić information content (AvgIpc) is 2.97. The molecule has 0 unspecified atom stereocenters. The standard InChI is InChI=1S/C33H24NO4P/c1-21(22-11-3-2-4-12-22)34-39-37-29-19-9-17-27-31(29)33(23-13-5-7-15-25(23)35-27)24-14-6-8-16-26(24)36-28-18-10-20-30(38-39)32(28)33/h2-21,34H,1H3/t21-,33?/m0/s1. The zero-order valence-corrected chi connectivity index (χ0v) is 22.0. The van der Waals surface area contributed by atoms with E-state index in [-0.39, 0.29) is 6.04 Å². The van der Waals surface area contributed by atoms with E-state index in [1.54, 1.807) is 0 Å². The summed E-state index contributed by atoms with van der Waals surface area (Å²) < 4.78 is 26.6. The number of fused-ring (bicyclic) bond motifs is 2. The normalized spacial score (nSPS) is 16.2. The zero-order chi connectivity index (χ0) is 26.0. The molecule has 1 atom stereocenters. The van der Waals surface area contributed by atoms with E-state index in [9.17, 15) is 0 Å². The number of hydrogen-bond donors (Lipinski definition) is 1. The molecule has 8 rings (SSSR count). The summed E-state index contributed by atoms with van der Waals surface area (Å²) in [5.41, 5.74) is 4.37. The summed E-state index contributed by atoms with van der Waals surface area (Å²) >= 11 is 0. The van der Waals surface area contributed by atoms with Crippen molar-refractivity contribution < 1.29 is 18.5 Å². The number of para-hydroxylation sites is 2. The molecule has 1 N–H and O–H groups in total. The van der Waals surface area contributed by atoms with Gasteiger partial charge in [0.1, 0.15) is 34.5 Å². The predicted molar refractivity (Wildman–Crippen MR) is 151 cm³/mol. The minimum Gasteiger partial charge on any atom is -0.457 e. The summed E-state index contributed by atoms with van der Waals surface area (Å²) in [7, 11) is -1.58. The summed E-state index contributed by atoms with van der Waals surface area (Å²) in [6, 6.07) is 38.8. The van der Waals surface area contributed by atoms with Gasteiger partial charge in [0.05, 0.1) is 16.5 Å². The van der Waals surface area contributed by atoms with Crippen LogP contribution in [0.3, 0.4) is 0 Å². The molecule has 5 nitrogen and oxygen atoms in total. The molecule has 1 spiro atoms. The molecule has 5 aromatic rings. The van der Waals surface area contributed by atoms with E-state index < -0.39 is 13.9 Å². The van der Waals surface area contributed by atoms with Gasteiger partial charge in [-0.1, -0.05) is 78.9 Å². The predicted octanol–water partition coefficient (Wildman–Crippen LogP) is 8.63. The van der Waals surface area contributed by atoms with Gasteiger partial charge in [0.15, 0.2) is 0 Å². The Bertz CT molecular complexity index is 1630. The third-order valence-electron chi connectivity index (χ3n) is 7.71. The van der Waals surface area contributed by atoms with Crippen LogP contribution in [-0.2, 0) is 5.41 Å². The molecule has 3 aliphatic rings. The van der Waals surface area contributed by atoms with Crippen LogP contribution in [0.4, 0.5) is 0 Å². The highest BCUT2D eigenvalue weighted by Gasteiger charge is 2.55. The van der Waals surface area contributed by atoms with Gasteiger partial charge < -0.3 is 18.5 Å². The molecular weight excluding hydrogens is 505 g/mol. The highest BCUT2D eigenvalue weighted by molar-refractivity contribution is 7.45. The molecular formula is C33H24NO4P. The molecule has 0 saturated carbocycles. The van der Waals surface area contributed by atoms with Crippen LogP contribution in [-0.4, -0.2) is 0 Å². The first-order valence-corrected chi connectivity index (χ1v) is 14.2. The Morgan fingerprint density at radius 1 is 0.538 bits per heavy atom. The fraction of sp³-hybridized carbons (Fsp3) is 0.0909. The van der Waals surface area contributed by atoms with Crippen molar-refractivity contribution in [3.8, 4) is 34.5 Å². The number of nitrogens with one attached hydrogen (secondary N) is 1. The SMILES string of the molecule is C[C@H](NP1Oc2cccc3c2C2(c4ccccc4O3)c3ccccc3Oc3cccc(c32)O1)c1ccccc1. The number of hydrogen-bond acceptors (Lipinski definition) is 5. The lowest BCUT2D eigenvalue weighted by Crippen LogP contribution is -2.38. The van der Waals surface area contributed by atoms with Crippen LogP contribution in [0.15, 0.2) is 115 Å². The molecule has 3 heterocycles. The Balaban J connectivity index is 1.41. The van der Waals surface area contributed by atoms with Crippen molar-refractivity contribution >= 4 is 8.53 Å². The first-order valence-electron chi connectivity index (χ1n) is 13.0. The molecule has 5 aromatic carbocycles. The Morgan fingerprint density at radius 2 is 1.00 bits per heavy atom. The van der Waals surface area contributed by atoms with Crippen molar-refractivity contribution in [2.45, 2.75) is 18.4 Å². The quantitative estimate of drug-likeness (QED) is 0.232. The maximum atomic E-state index is 6.76. The van der Waals surface area contributed by atoms with E-state index in [0.717, 1.165) is 62.3 Å². The van der Waals surface area contributed by atoms with Crippen molar-refractivity contribution in [3.05, 3.63) is 143 Å². The van der Waals surface area contributed by atoms with E-state index in [4.69, 9.17) is 18.5 Å². The van der Waals surface area contributed by atoms with Crippen LogP contribution in [0.2, 0.25) is 0 Å². The van der Waals surface area contributed by atoms with Crippen molar-refractivity contribution in [1.82, 2.24) is 5.09 Å². The summed E-state index contributed by atoms with van der Waals surface area (Å²) in [6.45, 7) is 2.12. The van der Waals surface area contributed by atoms with Crippen LogP contribution in [0.5, 0.6) is 34.5 Å². The van der Waals surface area contributed by atoms with Gasteiger partial charge >= 0.3 is 8.53 Å². The van der Waals surface area contributed by atoms with Crippen LogP contribution in [0.25, 0.3) is 0 Å². The third-order valence-corrected chi connectivity index (χ3v) is 9.03. The molecule has 39 heavy (non-hydrogen) atoms. The molecule has 0 aromatic heterocycles. The largest absolute Gasteiger partial charge is 0.457 e. The smallest absolute Gasteiger partial charge is 0.382 e. The van der Waals surface area contributed by atoms with Crippen molar-refractivity contribution in [1.29, 1.82) is 0 Å². The molecule has 0 saturated heterocycles. The van der Waals surface area contributed by atoms with Gasteiger partial charge in [-0.15, -0.1) is 0 Å². The maximum absolute atomic E-state index is 6.76. The zero-order valence-electron chi connectivity index (χ0n) is 21.1. The first-order chi connectivity index (χ1) is 19.2. The third kappa shape index (κ3) is 3.27. The van der Waals surface area contributed by atoms with E-state index in [0.29, 0.717) is 0 Å². The van der Waals surface area contributed by atoms with E-state index in [1.165, 1.54) is 0 Å². The van der Waals surface area contributed by atoms with Gasteiger partial charge in [0.2, 0.25) is 0 Å². The summed E-state index contributed by atoms with van der Waals surface area (Å²) in [4.78, 5) is 0. The van der Waals surface area contributed by atoms with Crippen molar-refractivity contribution in [2.24, 2.45) is 0 Å².